The third-order valence-corrected chi connectivity index (χ3v) is 5.54. The molecular formula is C22H21F7N6O2. The van der Waals surface area contributed by atoms with Gasteiger partial charge in [0.2, 0.25) is 0 Å². The Hall–Kier alpha value is -3.75. The number of nitrogens with one attached hydrogen (secondary N) is 1. The second-order valence-corrected chi connectivity index (χ2v) is 8.04. The van der Waals surface area contributed by atoms with Gasteiger partial charge in [-0.05, 0) is 6.07 Å². The number of aliphatic hydroxyl groups is 1. The van der Waals surface area contributed by atoms with Gasteiger partial charge in [-0.3, -0.25) is 19.5 Å². The fourth-order valence-corrected chi connectivity index (χ4v) is 3.67. The molecule has 1 aliphatic heterocycles. The van der Waals surface area contributed by atoms with Crippen LogP contribution in [0.2, 0.25) is 0 Å². The SMILES string of the molecule is C=C/C=N/C=C(\N/C=C/F)c1nn(CC(F)(F)F)c2cc(C(=O)N3CCC(O)(C(F)(F)F)CC3)ncc12. The van der Waals surface area contributed by atoms with Gasteiger partial charge in [0.1, 0.15) is 24.3 Å². The number of carbonyl (C=O) groups is 1. The van der Waals surface area contributed by atoms with E-state index in [1.807, 2.05) is 0 Å². The maximum Gasteiger partial charge on any atom is 0.417 e. The van der Waals surface area contributed by atoms with Crippen molar-refractivity contribution in [3.63, 3.8) is 0 Å². The number of aliphatic imine (C=N–C) groups is 1. The number of aromatic nitrogens is 3. The van der Waals surface area contributed by atoms with Gasteiger partial charge in [-0.1, -0.05) is 12.7 Å². The highest BCUT2D eigenvalue weighted by Gasteiger charge is 2.55. The summed E-state index contributed by atoms with van der Waals surface area (Å²) in [7, 11) is 0. The Balaban J connectivity index is 2.01. The summed E-state index contributed by atoms with van der Waals surface area (Å²) in [6.45, 7) is 1.03. The molecule has 2 aromatic rings. The van der Waals surface area contributed by atoms with Crippen molar-refractivity contribution in [1.29, 1.82) is 0 Å². The smallest absolute Gasteiger partial charge is 0.380 e. The molecule has 15 heteroatoms. The zero-order valence-corrected chi connectivity index (χ0v) is 19.0. The largest absolute Gasteiger partial charge is 0.417 e. The highest BCUT2D eigenvalue weighted by atomic mass is 19.4. The first-order valence-corrected chi connectivity index (χ1v) is 10.7. The Morgan fingerprint density at radius 3 is 2.49 bits per heavy atom. The van der Waals surface area contributed by atoms with Crippen molar-refractivity contribution >= 4 is 28.7 Å². The minimum Gasteiger partial charge on any atom is -0.380 e. The molecule has 0 bridgehead atoms. The highest BCUT2D eigenvalue weighted by molar-refractivity contribution is 5.98. The van der Waals surface area contributed by atoms with E-state index in [4.69, 9.17) is 0 Å². The molecular weight excluding hydrogens is 513 g/mol. The van der Waals surface area contributed by atoms with Crippen LogP contribution in [0.5, 0.6) is 0 Å². The van der Waals surface area contributed by atoms with E-state index in [0.717, 1.165) is 29.6 Å². The summed E-state index contributed by atoms with van der Waals surface area (Å²) in [6.07, 6.45) is -5.24. The monoisotopic (exact) mass is 534 g/mol. The van der Waals surface area contributed by atoms with Gasteiger partial charge in [-0.2, -0.15) is 31.4 Å². The molecule has 200 valence electrons. The van der Waals surface area contributed by atoms with E-state index < -0.39 is 56.3 Å². The Bertz CT molecular complexity index is 1240. The third-order valence-electron chi connectivity index (χ3n) is 5.54. The van der Waals surface area contributed by atoms with Crippen LogP contribution in [0, 0.1) is 0 Å². The number of hydrogen-bond donors (Lipinski definition) is 2. The van der Waals surface area contributed by atoms with Gasteiger partial charge in [-0.15, -0.1) is 0 Å². The van der Waals surface area contributed by atoms with Crippen LogP contribution in [0.3, 0.4) is 0 Å². The van der Waals surface area contributed by atoms with Gasteiger partial charge in [0.25, 0.3) is 5.91 Å². The predicted octanol–water partition coefficient (Wildman–Crippen LogP) is 4.11. The molecule has 1 fully saturated rings. The second kappa shape index (κ2) is 10.7. The first-order chi connectivity index (χ1) is 17.3. The lowest BCUT2D eigenvalue weighted by Gasteiger charge is -2.38. The molecule has 1 amide bonds. The molecule has 1 aliphatic rings. The van der Waals surface area contributed by atoms with E-state index in [2.05, 4.69) is 27.0 Å². The molecule has 8 nitrogen and oxygen atoms in total. The molecule has 37 heavy (non-hydrogen) atoms. The van der Waals surface area contributed by atoms with Crippen LogP contribution in [-0.4, -0.2) is 67.9 Å². The number of halogens is 7. The van der Waals surface area contributed by atoms with Gasteiger partial charge in [0.05, 0.1) is 17.4 Å². The number of allylic oxidation sites excluding steroid dienone is 1. The zero-order valence-electron chi connectivity index (χ0n) is 19.0. The molecule has 0 radical (unpaired) electrons. The standard InChI is InChI=1S/C22H21F7N6O2/c1-2-6-30-12-16(31-7-5-23)18-14-11-32-15(10-17(14)35(33-18)13-21(24,25)26)19(36)34-8-3-20(37,4-9-34)22(27,28)29/h2,5-7,10-12,31,37H,1,3-4,8-9,13H2/b7-5+,16-12-,30-6+. The number of hydrogen-bond acceptors (Lipinski definition) is 6. The first kappa shape index (κ1) is 27.8. The summed E-state index contributed by atoms with van der Waals surface area (Å²) < 4.78 is 92.1. The summed E-state index contributed by atoms with van der Waals surface area (Å²) >= 11 is 0. The van der Waals surface area contributed by atoms with Crippen LogP contribution in [0.4, 0.5) is 30.7 Å². The van der Waals surface area contributed by atoms with Gasteiger partial charge in [0.15, 0.2) is 5.60 Å². The average Bonchev–Trinajstić information content (AvgIpc) is 3.16. The Morgan fingerprint density at radius 2 is 1.92 bits per heavy atom. The van der Waals surface area contributed by atoms with Crippen molar-refractivity contribution in [2.75, 3.05) is 13.1 Å². The molecule has 0 saturated carbocycles. The van der Waals surface area contributed by atoms with Crippen LogP contribution in [0.1, 0.15) is 29.0 Å². The van der Waals surface area contributed by atoms with E-state index >= 15 is 0 Å². The molecule has 2 aromatic heterocycles. The Morgan fingerprint density at radius 1 is 1.24 bits per heavy atom. The lowest BCUT2D eigenvalue weighted by atomic mass is 9.90. The zero-order chi connectivity index (χ0) is 27.4. The number of fused-ring (bicyclic) bond motifs is 1. The molecule has 2 N–H and O–H groups in total. The number of rotatable bonds is 7. The summed E-state index contributed by atoms with van der Waals surface area (Å²) in [6, 6.07) is 1.04. The fourth-order valence-electron chi connectivity index (χ4n) is 3.67. The van der Waals surface area contributed by atoms with Crippen LogP contribution < -0.4 is 5.32 Å². The number of alkyl halides is 6. The van der Waals surface area contributed by atoms with Gasteiger partial charge < -0.3 is 15.3 Å². The van der Waals surface area contributed by atoms with Crippen LogP contribution in [0.15, 0.2) is 48.6 Å². The lowest BCUT2D eigenvalue weighted by molar-refractivity contribution is -0.271. The number of piperidine rings is 1. The van der Waals surface area contributed by atoms with Crippen molar-refractivity contribution < 1.29 is 40.6 Å². The number of nitrogens with zero attached hydrogens (tertiary/aromatic N) is 5. The Kier molecular flexibility index (Phi) is 8.05. The van der Waals surface area contributed by atoms with Crippen molar-refractivity contribution in [1.82, 2.24) is 25.0 Å². The van der Waals surface area contributed by atoms with Crippen molar-refractivity contribution in [2.45, 2.75) is 37.3 Å². The molecule has 1 saturated heterocycles. The quantitative estimate of drug-likeness (QED) is 0.412. The molecule has 0 aromatic carbocycles. The van der Waals surface area contributed by atoms with Crippen molar-refractivity contribution in [3.05, 3.63) is 55.0 Å². The number of pyridine rings is 1. The van der Waals surface area contributed by atoms with E-state index in [1.165, 1.54) is 12.3 Å². The summed E-state index contributed by atoms with van der Waals surface area (Å²) in [5.74, 6) is -0.822. The van der Waals surface area contributed by atoms with E-state index in [-0.39, 0.29) is 34.3 Å². The maximum atomic E-state index is 13.3. The van der Waals surface area contributed by atoms with Gasteiger partial charge in [0, 0.05) is 49.9 Å². The van der Waals surface area contributed by atoms with E-state index in [9.17, 15) is 40.6 Å². The highest BCUT2D eigenvalue weighted by Crippen LogP contribution is 2.38. The lowest BCUT2D eigenvalue weighted by Crippen LogP contribution is -2.54. The molecule has 0 unspecified atom stereocenters. The molecule has 0 atom stereocenters. The maximum absolute atomic E-state index is 13.3. The minimum atomic E-state index is -4.87. The summed E-state index contributed by atoms with van der Waals surface area (Å²) in [5, 5.41) is 16.3. The summed E-state index contributed by atoms with van der Waals surface area (Å²) in [5.41, 5.74) is -3.50. The van der Waals surface area contributed by atoms with E-state index in [1.54, 1.807) is 0 Å². The number of carbonyl (C=O) groups excluding carboxylic acids is 1. The van der Waals surface area contributed by atoms with Gasteiger partial charge in [-0.25, -0.2) is 4.39 Å². The summed E-state index contributed by atoms with van der Waals surface area (Å²) in [4.78, 5) is 21.8. The predicted molar refractivity (Wildman–Crippen MR) is 120 cm³/mol. The van der Waals surface area contributed by atoms with Crippen molar-refractivity contribution in [2.24, 2.45) is 4.99 Å². The topological polar surface area (TPSA) is 95.6 Å². The molecule has 0 spiro atoms. The van der Waals surface area contributed by atoms with E-state index in [0.29, 0.717) is 4.68 Å². The van der Waals surface area contributed by atoms with Gasteiger partial charge >= 0.3 is 12.4 Å². The van der Waals surface area contributed by atoms with Crippen LogP contribution >= 0.6 is 0 Å². The third kappa shape index (κ3) is 6.34. The molecule has 3 rings (SSSR count). The first-order valence-electron chi connectivity index (χ1n) is 10.7. The average molecular weight is 534 g/mol. The minimum absolute atomic E-state index is 0.00117. The number of likely N-dealkylation sites (tertiary alicyclic amines) is 1. The normalized spacial score (nSPS) is 17.2. The Labute approximate surface area is 205 Å². The fraction of sp³-hybridized carbons (Fsp3) is 0.364. The van der Waals surface area contributed by atoms with Crippen LogP contribution in [0.25, 0.3) is 16.6 Å². The van der Waals surface area contributed by atoms with Crippen LogP contribution in [-0.2, 0) is 6.54 Å². The molecule has 0 aliphatic carbocycles. The number of amides is 1. The second-order valence-electron chi connectivity index (χ2n) is 8.04. The van der Waals surface area contributed by atoms with Crippen molar-refractivity contribution in [3.8, 4) is 0 Å². The molecule has 3 heterocycles.